The van der Waals surface area contributed by atoms with Crippen LogP contribution in [0.15, 0.2) is 39.5 Å². The van der Waals surface area contributed by atoms with Crippen LogP contribution in [0, 0.1) is 6.92 Å². The number of ether oxygens (including phenoxy) is 2. The highest BCUT2D eigenvalue weighted by Crippen LogP contribution is 2.35. The fraction of sp³-hybridized carbons (Fsp3) is 0.375. The summed E-state index contributed by atoms with van der Waals surface area (Å²) in [6.07, 6.45) is 3.63. The van der Waals surface area contributed by atoms with E-state index in [1.165, 1.54) is 24.2 Å². The van der Waals surface area contributed by atoms with Gasteiger partial charge in [0.25, 0.3) is 0 Å². The molecule has 2 aromatic carbocycles. The van der Waals surface area contributed by atoms with Crippen LogP contribution in [0.4, 0.5) is 0 Å². The van der Waals surface area contributed by atoms with Crippen molar-refractivity contribution in [3.8, 4) is 28.4 Å². The molecule has 0 unspecified atom stereocenters. The van der Waals surface area contributed by atoms with Crippen molar-refractivity contribution < 1.29 is 23.9 Å². The van der Waals surface area contributed by atoms with Gasteiger partial charge < -0.3 is 23.9 Å². The van der Waals surface area contributed by atoms with Gasteiger partial charge in [-0.1, -0.05) is 6.07 Å². The van der Waals surface area contributed by atoms with Crippen LogP contribution in [0.25, 0.3) is 22.1 Å². The van der Waals surface area contributed by atoms with E-state index in [9.17, 15) is 9.90 Å². The Hall–Kier alpha value is -2.99. The minimum Gasteiger partial charge on any atom is -0.507 e. The average molecular weight is 410 g/mol. The molecule has 0 amide bonds. The number of aryl methyl sites for hydroxylation is 1. The van der Waals surface area contributed by atoms with E-state index in [1.54, 1.807) is 32.4 Å². The number of hydrogen-bond donors (Lipinski definition) is 2. The van der Waals surface area contributed by atoms with E-state index in [0.717, 1.165) is 24.0 Å². The Labute approximate surface area is 175 Å². The minimum atomic E-state index is -0.423. The first kappa shape index (κ1) is 20.3. The van der Waals surface area contributed by atoms with Crippen molar-refractivity contribution in [2.24, 2.45) is 0 Å². The first-order valence-electron chi connectivity index (χ1n) is 10.4. The Morgan fingerprint density at radius 2 is 1.77 bits per heavy atom. The first-order chi connectivity index (χ1) is 14.5. The fourth-order valence-electron chi connectivity index (χ4n) is 4.44. The van der Waals surface area contributed by atoms with Gasteiger partial charge in [0.2, 0.25) is 0 Å². The van der Waals surface area contributed by atoms with Crippen LogP contribution in [-0.2, 0) is 6.54 Å². The third-order valence-electron chi connectivity index (χ3n) is 6.07. The predicted octanol–water partition coefficient (Wildman–Crippen LogP) is 3.06. The van der Waals surface area contributed by atoms with Gasteiger partial charge in [0.05, 0.1) is 38.4 Å². The summed E-state index contributed by atoms with van der Waals surface area (Å²) in [6, 6.07) is 8.91. The Morgan fingerprint density at radius 1 is 1.03 bits per heavy atom. The number of phenols is 1. The Morgan fingerprint density at radius 3 is 2.47 bits per heavy atom. The average Bonchev–Trinajstić information content (AvgIpc) is 2.76. The number of rotatable bonds is 5. The molecule has 0 aliphatic carbocycles. The third-order valence-corrected chi connectivity index (χ3v) is 6.07. The fourth-order valence-corrected chi connectivity index (χ4v) is 4.44. The molecule has 158 valence electrons. The highest BCUT2D eigenvalue weighted by molar-refractivity contribution is 5.90. The molecule has 0 radical (unpaired) electrons. The van der Waals surface area contributed by atoms with Gasteiger partial charge in [-0.15, -0.1) is 0 Å². The lowest BCUT2D eigenvalue weighted by molar-refractivity contribution is -0.918. The van der Waals surface area contributed by atoms with E-state index in [-0.39, 0.29) is 5.75 Å². The molecular weight excluding hydrogens is 382 g/mol. The van der Waals surface area contributed by atoms with Gasteiger partial charge in [-0.05, 0) is 61.6 Å². The summed E-state index contributed by atoms with van der Waals surface area (Å²) in [7, 11) is 3.14. The van der Waals surface area contributed by atoms with Gasteiger partial charge in [-0.2, -0.15) is 0 Å². The molecule has 1 aromatic heterocycles. The van der Waals surface area contributed by atoms with Gasteiger partial charge in [0.1, 0.15) is 12.3 Å². The van der Waals surface area contributed by atoms with Gasteiger partial charge in [0, 0.05) is 5.39 Å². The van der Waals surface area contributed by atoms with Gasteiger partial charge in [0.15, 0.2) is 17.1 Å². The number of piperidine rings is 1. The van der Waals surface area contributed by atoms with Gasteiger partial charge >= 0.3 is 5.63 Å². The van der Waals surface area contributed by atoms with E-state index in [0.29, 0.717) is 40.3 Å². The quantitative estimate of drug-likeness (QED) is 0.633. The van der Waals surface area contributed by atoms with Crippen molar-refractivity contribution in [1.29, 1.82) is 0 Å². The largest absolute Gasteiger partial charge is 0.507 e. The zero-order chi connectivity index (χ0) is 21.3. The molecular formula is C24H28NO5+. The summed E-state index contributed by atoms with van der Waals surface area (Å²) in [6.45, 7) is 4.71. The lowest BCUT2D eigenvalue weighted by atomic mass is 9.97. The molecule has 2 heterocycles. The van der Waals surface area contributed by atoms with Crippen molar-refractivity contribution in [2.45, 2.75) is 32.7 Å². The zero-order valence-corrected chi connectivity index (χ0v) is 17.7. The normalized spacial score (nSPS) is 14.8. The molecule has 6 nitrogen and oxygen atoms in total. The Bertz CT molecular complexity index is 1130. The molecule has 4 rings (SSSR count). The number of aromatic hydroxyl groups is 1. The molecule has 3 aromatic rings. The molecule has 1 aliphatic rings. The molecule has 0 saturated carbocycles. The van der Waals surface area contributed by atoms with Crippen LogP contribution >= 0.6 is 0 Å². The Balaban J connectivity index is 1.85. The number of fused-ring (bicyclic) bond motifs is 1. The van der Waals surface area contributed by atoms with Crippen LogP contribution in [0.3, 0.4) is 0 Å². The van der Waals surface area contributed by atoms with Crippen molar-refractivity contribution in [1.82, 2.24) is 0 Å². The van der Waals surface area contributed by atoms with E-state index >= 15 is 0 Å². The topological polar surface area (TPSA) is 73.3 Å². The molecule has 30 heavy (non-hydrogen) atoms. The van der Waals surface area contributed by atoms with Crippen LogP contribution in [-0.4, -0.2) is 32.4 Å². The number of benzene rings is 2. The second-order valence-electron chi connectivity index (χ2n) is 7.89. The molecule has 0 spiro atoms. The number of phenolic OH excluding ortho intramolecular Hbond substituents is 1. The molecule has 1 saturated heterocycles. The van der Waals surface area contributed by atoms with E-state index in [4.69, 9.17) is 13.9 Å². The first-order valence-corrected chi connectivity index (χ1v) is 10.4. The summed E-state index contributed by atoms with van der Waals surface area (Å²) >= 11 is 0. The van der Waals surface area contributed by atoms with Crippen LogP contribution in [0.5, 0.6) is 17.2 Å². The van der Waals surface area contributed by atoms with Crippen molar-refractivity contribution in [3.63, 3.8) is 0 Å². The van der Waals surface area contributed by atoms with E-state index < -0.39 is 5.63 Å². The highest BCUT2D eigenvalue weighted by atomic mass is 16.5. The van der Waals surface area contributed by atoms with Crippen molar-refractivity contribution >= 4 is 11.0 Å². The SMILES string of the molecule is COc1ccc(-c2c(C)c3ccc(O)c(C[NH+]4CCCCC4)c3oc2=O)cc1OC. The summed E-state index contributed by atoms with van der Waals surface area (Å²) < 4.78 is 16.5. The molecule has 0 atom stereocenters. The highest BCUT2D eigenvalue weighted by Gasteiger charge is 2.22. The molecule has 2 N–H and O–H groups in total. The Kier molecular flexibility index (Phi) is 5.68. The third kappa shape index (κ3) is 3.63. The van der Waals surface area contributed by atoms with Gasteiger partial charge in [-0.25, -0.2) is 4.79 Å². The zero-order valence-electron chi connectivity index (χ0n) is 17.7. The predicted molar refractivity (Wildman–Crippen MR) is 116 cm³/mol. The number of methoxy groups -OCH3 is 2. The number of nitrogens with one attached hydrogen (secondary N) is 1. The van der Waals surface area contributed by atoms with Crippen molar-refractivity contribution in [2.75, 3.05) is 27.3 Å². The number of likely N-dealkylation sites (tertiary alicyclic amines) is 1. The summed E-state index contributed by atoms with van der Waals surface area (Å²) in [4.78, 5) is 14.4. The maximum atomic E-state index is 13.0. The number of hydrogen-bond acceptors (Lipinski definition) is 5. The molecule has 1 aliphatic heterocycles. The summed E-state index contributed by atoms with van der Waals surface area (Å²) in [5, 5.41) is 11.4. The maximum Gasteiger partial charge on any atom is 0.344 e. The van der Waals surface area contributed by atoms with E-state index in [1.807, 2.05) is 19.1 Å². The lowest BCUT2D eigenvalue weighted by Gasteiger charge is -2.24. The minimum absolute atomic E-state index is 0.182. The van der Waals surface area contributed by atoms with Crippen LogP contribution in [0.1, 0.15) is 30.4 Å². The molecule has 6 heteroatoms. The summed E-state index contributed by atoms with van der Waals surface area (Å²) in [5.74, 6) is 1.33. The van der Waals surface area contributed by atoms with Crippen LogP contribution < -0.4 is 20.0 Å². The smallest absolute Gasteiger partial charge is 0.344 e. The van der Waals surface area contributed by atoms with Gasteiger partial charge in [-0.3, -0.25) is 0 Å². The van der Waals surface area contributed by atoms with E-state index in [2.05, 4.69) is 0 Å². The van der Waals surface area contributed by atoms with Crippen molar-refractivity contribution in [3.05, 3.63) is 51.9 Å². The summed E-state index contributed by atoms with van der Waals surface area (Å²) in [5.41, 5.74) is 2.79. The maximum absolute atomic E-state index is 13.0. The monoisotopic (exact) mass is 410 g/mol. The molecule has 0 bridgehead atoms. The van der Waals surface area contributed by atoms with Crippen LogP contribution in [0.2, 0.25) is 0 Å². The number of quaternary nitrogens is 1. The second kappa shape index (κ2) is 8.40. The second-order valence-corrected chi connectivity index (χ2v) is 7.89. The lowest BCUT2D eigenvalue weighted by Crippen LogP contribution is -3.11. The standard InChI is InChI=1S/C24H27NO5/c1-15-17-8-9-19(26)18(14-25-11-5-4-6-12-25)23(17)30-24(27)22(15)16-7-10-20(28-2)21(13-16)29-3/h7-10,13,26H,4-6,11-12,14H2,1-3H3/p+1. The molecule has 1 fully saturated rings.